The molecule has 1 saturated carbocycles. The molecule has 1 aromatic carbocycles. The number of piperidine rings is 1. The van der Waals surface area contributed by atoms with Crippen LogP contribution in [0.25, 0.3) is 10.9 Å². The smallest absolute Gasteiger partial charge is 0.285 e. The Bertz CT molecular complexity index is 2000. The molecule has 1 saturated heterocycles. The first-order valence-electron chi connectivity index (χ1n) is 14.1. The van der Waals surface area contributed by atoms with Gasteiger partial charge in [-0.1, -0.05) is 17.7 Å². The number of anilines is 2. The number of aryl methyl sites for hydroxylation is 2. The van der Waals surface area contributed by atoms with E-state index >= 15 is 0 Å². The molecule has 15 heteroatoms. The molecule has 4 heterocycles. The monoisotopic (exact) mass is 642 g/mol. The molecule has 1 aliphatic carbocycles. The number of carbonyl (C=O) groups excluding carboxylic acids is 1. The van der Waals surface area contributed by atoms with E-state index in [0.29, 0.717) is 41.1 Å². The Kier molecular flexibility index (Phi) is 7.39. The van der Waals surface area contributed by atoms with E-state index in [4.69, 9.17) is 16.6 Å². The molecule has 0 spiro atoms. The second-order valence-electron chi connectivity index (χ2n) is 11.8. The van der Waals surface area contributed by atoms with Gasteiger partial charge in [0.2, 0.25) is 16.0 Å². The van der Waals surface area contributed by atoms with Gasteiger partial charge in [0.25, 0.3) is 11.5 Å². The first kappa shape index (κ1) is 30.0. The molecule has 2 bridgehead atoms. The van der Waals surface area contributed by atoms with E-state index < -0.39 is 22.0 Å². The average molecular weight is 643 g/mol. The number of carbonyl (C=O) groups is 1. The number of nitrogens with zero attached hydrogens (tertiary/aromatic N) is 6. The summed E-state index contributed by atoms with van der Waals surface area (Å²) >= 11 is 6.03. The minimum Gasteiger partial charge on any atom is -0.377 e. The molecule has 4 aromatic rings. The number of aromatic nitrogens is 5. The fraction of sp³-hybridized carbons (Fsp3) is 0.414. The van der Waals surface area contributed by atoms with Crippen LogP contribution < -0.4 is 20.5 Å². The number of benzene rings is 1. The van der Waals surface area contributed by atoms with Crippen molar-refractivity contribution in [1.82, 2.24) is 29.0 Å². The predicted molar refractivity (Wildman–Crippen MR) is 165 cm³/mol. The highest BCUT2D eigenvalue weighted by Crippen LogP contribution is 2.48. The summed E-state index contributed by atoms with van der Waals surface area (Å²) < 4.78 is 43.0. The van der Waals surface area contributed by atoms with Gasteiger partial charge in [0.05, 0.1) is 35.1 Å². The molecule has 2 fully saturated rings. The molecule has 0 unspecified atom stereocenters. The van der Waals surface area contributed by atoms with Crippen molar-refractivity contribution in [3.8, 4) is 0 Å². The van der Waals surface area contributed by atoms with Crippen LogP contribution >= 0.6 is 11.6 Å². The Balaban J connectivity index is 1.35. The van der Waals surface area contributed by atoms with Gasteiger partial charge >= 0.3 is 0 Å². The lowest BCUT2D eigenvalue weighted by atomic mass is 9.91. The predicted octanol–water partition coefficient (Wildman–Crippen LogP) is 3.41. The van der Waals surface area contributed by atoms with Crippen molar-refractivity contribution in [1.29, 1.82) is 0 Å². The molecule has 4 atom stereocenters. The van der Waals surface area contributed by atoms with Crippen molar-refractivity contribution in [3.63, 3.8) is 0 Å². The van der Waals surface area contributed by atoms with Gasteiger partial charge in [-0.15, -0.1) is 0 Å². The standard InChI is InChI=1S/C29H32ClFN8O4S/c1-14-8-18(15(2)32-22-6-7-23(30)33-26(22)27(40)36-44(5,42)43)24-20(9-14)28(41)38(4)29(34-24)39-12-16-10-17(39)11-19(16)25-21(31)13-37(3)35-25/h6-9,13,15-17,19,32H,10-12H2,1-5H3,(H,36,40)/t15-,16-,17-,19+/m1/s1. The summed E-state index contributed by atoms with van der Waals surface area (Å²) in [5.74, 6) is -0.486. The third kappa shape index (κ3) is 5.40. The molecule has 2 aliphatic rings. The van der Waals surface area contributed by atoms with E-state index in [1.165, 1.54) is 16.9 Å². The molecule has 232 valence electrons. The molecule has 1 amide bonds. The third-order valence-corrected chi connectivity index (χ3v) is 9.25. The Morgan fingerprint density at radius 3 is 2.57 bits per heavy atom. The number of hydrogen-bond donors (Lipinski definition) is 2. The number of pyridine rings is 1. The number of hydrogen-bond acceptors (Lipinski definition) is 9. The lowest BCUT2D eigenvalue weighted by Gasteiger charge is -2.33. The van der Waals surface area contributed by atoms with Crippen molar-refractivity contribution < 1.29 is 17.6 Å². The third-order valence-electron chi connectivity index (χ3n) is 8.48. The molecule has 12 nitrogen and oxygen atoms in total. The van der Waals surface area contributed by atoms with Crippen molar-refractivity contribution in [2.45, 2.75) is 44.7 Å². The van der Waals surface area contributed by atoms with Gasteiger partial charge in [-0.2, -0.15) is 5.10 Å². The Morgan fingerprint density at radius 1 is 1.18 bits per heavy atom. The number of amides is 1. The van der Waals surface area contributed by atoms with Gasteiger partial charge in [-0.3, -0.25) is 18.8 Å². The van der Waals surface area contributed by atoms with Crippen LogP contribution in [0.4, 0.5) is 16.0 Å². The van der Waals surface area contributed by atoms with Gasteiger partial charge in [-0.05, 0) is 56.4 Å². The van der Waals surface area contributed by atoms with Crippen molar-refractivity contribution in [3.05, 3.63) is 74.3 Å². The zero-order chi connectivity index (χ0) is 31.7. The fourth-order valence-corrected chi connectivity index (χ4v) is 7.22. The van der Waals surface area contributed by atoms with Gasteiger partial charge < -0.3 is 10.2 Å². The lowest BCUT2D eigenvalue weighted by Crippen LogP contribution is -2.39. The van der Waals surface area contributed by atoms with Crippen LogP contribution in [0.2, 0.25) is 5.15 Å². The zero-order valence-corrected chi connectivity index (χ0v) is 26.4. The molecule has 6 rings (SSSR count). The Labute approximate surface area is 258 Å². The largest absolute Gasteiger partial charge is 0.377 e. The number of rotatable bonds is 7. The van der Waals surface area contributed by atoms with Crippen molar-refractivity contribution in [2.24, 2.45) is 20.0 Å². The summed E-state index contributed by atoms with van der Waals surface area (Å²) in [5, 5.41) is 8.08. The van der Waals surface area contributed by atoms with Gasteiger partial charge in [0.15, 0.2) is 11.5 Å². The van der Waals surface area contributed by atoms with Crippen LogP contribution in [-0.4, -0.2) is 57.5 Å². The summed E-state index contributed by atoms with van der Waals surface area (Å²) in [6, 6.07) is 6.36. The Hall–Kier alpha value is -4.04. The highest BCUT2D eigenvalue weighted by Gasteiger charge is 2.48. The molecule has 2 N–H and O–H groups in total. The first-order chi connectivity index (χ1) is 20.7. The van der Waals surface area contributed by atoms with E-state index in [1.807, 2.05) is 24.6 Å². The van der Waals surface area contributed by atoms with Crippen LogP contribution in [0.3, 0.4) is 0 Å². The number of fused-ring (bicyclic) bond motifs is 3. The van der Waals surface area contributed by atoms with Gasteiger partial charge in [-0.25, -0.2) is 27.5 Å². The highest BCUT2D eigenvalue weighted by molar-refractivity contribution is 7.89. The molecule has 1 aliphatic heterocycles. The second kappa shape index (κ2) is 10.8. The van der Waals surface area contributed by atoms with E-state index in [-0.39, 0.29) is 45.8 Å². The van der Waals surface area contributed by atoms with Crippen LogP contribution in [0, 0.1) is 18.7 Å². The highest BCUT2D eigenvalue weighted by atomic mass is 35.5. The summed E-state index contributed by atoms with van der Waals surface area (Å²) in [6.45, 7) is 4.36. The SMILES string of the molecule is Cc1cc([C@@H](C)Nc2ccc(Cl)nc2C(=O)NS(C)(=O)=O)c2nc(N3C[C@H]4C[C@@H]3C[C@@H]4c3nn(C)cc3F)n(C)c(=O)c2c1. The summed E-state index contributed by atoms with van der Waals surface area (Å²) in [6.07, 6.45) is 3.84. The maximum absolute atomic E-state index is 14.5. The van der Waals surface area contributed by atoms with E-state index in [1.54, 1.807) is 30.8 Å². The van der Waals surface area contributed by atoms with Crippen molar-refractivity contribution >= 4 is 50.1 Å². The van der Waals surface area contributed by atoms with Crippen LogP contribution in [0.5, 0.6) is 0 Å². The fourth-order valence-electron chi connectivity index (χ4n) is 6.64. The summed E-state index contributed by atoms with van der Waals surface area (Å²) in [5.41, 5.74) is 2.43. The first-order valence-corrected chi connectivity index (χ1v) is 16.4. The number of halogens is 2. The number of nitrogens with one attached hydrogen (secondary N) is 2. The van der Waals surface area contributed by atoms with E-state index in [9.17, 15) is 22.4 Å². The minimum atomic E-state index is -3.85. The topological polar surface area (TPSA) is 144 Å². The van der Waals surface area contributed by atoms with Crippen LogP contribution in [0.15, 0.2) is 35.3 Å². The number of sulfonamides is 1. The maximum Gasteiger partial charge on any atom is 0.285 e. The second-order valence-corrected chi connectivity index (χ2v) is 13.9. The van der Waals surface area contributed by atoms with Gasteiger partial charge in [0.1, 0.15) is 10.8 Å². The molecule has 44 heavy (non-hydrogen) atoms. The summed E-state index contributed by atoms with van der Waals surface area (Å²) in [4.78, 5) is 37.7. The van der Waals surface area contributed by atoms with Crippen LogP contribution in [-0.2, 0) is 24.1 Å². The zero-order valence-electron chi connectivity index (χ0n) is 24.8. The van der Waals surface area contributed by atoms with E-state index in [2.05, 4.69) is 20.3 Å². The Morgan fingerprint density at radius 2 is 1.93 bits per heavy atom. The molecule has 3 aromatic heterocycles. The van der Waals surface area contributed by atoms with Crippen molar-refractivity contribution in [2.75, 3.05) is 23.0 Å². The lowest BCUT2D eigenvalue weighted by molar-refractivity contribution is 0.0977. The summed E-state index contributed by atoms with van der Waals surface area (Å²) in [7, 11) is -0.424. The quantitative estimate of drug-likeness (QED) is 0.290. The van der Waals surface area contributed by atoms with E-state index in [0.717, 1.165) is 18.2 Å². The normalized spacial score (nSPS) is 20.3. The average Bonchev–Trinajstić information content (AvgIpc) is 3.64. The van der Waals surface area contributed by atoms with Gasteiger partial charge in [0, 0.05) is 38.2 Å². The maximum atomic E-state index is 14.5. The molecular weight excluding hydrogens is 611 g/mol. The molecular formula is C29H32ClFN8O4S. The van der Waals surface area contributed by atoms with Crippen LogP contribution in [0.1, 0.15) is 59.0 Å². The minimum absolute atomic E-state index is 0.0134. The molecule has 0 radical (unpaired) electrons.